The number of carbonyl (C=O) groups excluding carboxylic acids is 2. The molecule has 0 spiro atoms. The first-order valence-electron chi connectivity index (χ1n) is 4.98. The van der Waals surface area contributed by atoms with Gasteiger partial charge in [0.25, 0.3) is 5.91 Å². The zero-order valence-electron chi connectivity index (χ0n) is 7.99. The molecule has 1 N–H and O–H groups in total. The molecule has 0 saturated carbocycles. The van der Waals surface area contributed by atoms with Crippen molar-refractivity contribution < 1.29 is 14.4 Å². The number of piperidine rings is 1. The summed E-state index contributed by atoms with van der Waals surface area (Å²) in [7, 11) is 0. The van der Waals surface area contributed by atoms with Crippen molar-refractivity contribution >= 4 is 11.8 Å². The highest BCUT2D eigenvalue weighted by Crippen LogP contribution is 2.16. The molecular formula is C9H14N2O3. The number of nitrogens with zero attached hydrogens (tertiary/aromatic N) is 1. The van der Waals surface area contributed by atoms with E-state index in [1.165, 1.54) is 5.06 Å². The molecule has 2 aliphatic heterocycles. The van der Waals surface area contributed by atoms with E-state index in [9.17, 15) is 9.59 Å². The fraction of sp³-hybridized carbons (Fsp3) is 0.778. The Morgan fingerprint density at radius 2 is 2.43 bits per heavy atom. The Kier molecular flexibility index (Phi) is 2.67. The first kappa shape index (κ1) is 9.45. The maximum atomic E-state index is 11.8. The summed E-state index contributed by atoms with van der Waals surface area (Å²) in [5.74, 6) is -0.0373. The van der Waals surface area contributed by atoms with Crippen LogP contribution in [0, 0.1) is 5.92 Å². The summed E-state index contributed by atoms with van der Waals surface area (Å²) in [5, 5.41) is 4.13. The standard InChI is InChI=1S/C9H14N2O3/c12-8-3-2-7(6-10-8)9(13)11-4-1-5-14-11/h7H,1-6H2,(H,10,12). The van der Waals surface area contributed by atoms with Gasteiger partial charge >= 0.3 is 0 Å². The molecule has 0 aliphatic carbocycles. The minimum absolute atomic E-state index is 0.0162. The van der Waals surface area contributed by atoms with Crippen molar-refractivity contribution in [3.63, 3.8) is 0 Å². The van der Waals surface area contributed by atoms with Gasteiger partial charge in [-0.1, -0.05) is 0 Å². The monoisotopic (exact) mass is 198 g/mol. The van der Waals surface area contributed by atoms with Crippen molar-refractivity contribution in [2.45, 2.75) is 19.3 Å². The highest BCUT2D eigenvalue weighted by atomic mass is 16.7. The Morgan fingerprint density at radius 1 is 1.57 bits per heavy atom. The number of nitrogens with one attached hydrogen (secondary N) is 1. The largest absolute Gasteiger partial charge is 0.355 e. The minimum atomic E-state index is -0.0919. The molecule has 2 rings (SSSR count). The summed E-state index contributed by atoms with van der Waals surface area (Å²) in [6.45, 7) is 1.77. The number of hydrogen-bond acceptors (Lipinski definition) is 3. The summed E-state index contributed by atoms with van der Waals surface area (Å²) in [4.78, 5) is 27.8. The molecule has 0 aromatic carbocycles. The zero-order valence-corrected chi connectivity index (χ0v) is 7.99. The third-order valence-electron chi connectivity index (χ3n) is 2.61. The van der Waals surface area contributed by atoms with E-state index in [1.807, 2.05) is 0 Å². The number of carbonyl (C=O) groups is 2. The van der Waals surface area contributed by atoms with E-state index in [1.54, 1.807) is 0 Å². The molecule has 78 valence electrons. The first-order chi connectivity index (χ1) is 6.77. The van der Waals surface area contributed by atoms with Crippen LogP contribution in [0.3, 0.4) is 0 Å². The van der Waals surface area contributed by atoms with Gasteiger partial charge in [-0.25, -0.2) is 5.06 Å². The lowest BCUT2D eigenvalue weighted by molar-refractivity contribution is -0.174. The second-order valence-electron chi connectivity index (χ2n) is 3.67. The zero-order chi connectivity index (χ0) is 9.97. The average molecular weight is 198 g/mol. The molecule has 2 fully saturated rings. The van der Waals surface area contributed by atoms with Gasteiger partial charge in [0, 0.05) is 13.0 Å². The molecule has 2 aliphatic rings. The van der Waals surface area contributed by atoms with Crippen LogP contribution in [-0.2, 0) is 14.4 Å². The van der Waals surface area contributed by atoms with Crippen molar-refractivity contribution in [2.75, 3.05) is 19.7 Å². The summed E-state index contributed by atoms with van der Waals surface area (Å²) in [6, 6.07) is 0. The first-order valence-corrected chi connectivity index (χ1v) is 4.98. The number of hydroxylamine groups is 2. The molecule has 5 nitrogen and oxygen atoms in total. The lowest BCUT2D eigenvalue weighted by Gasteiger charge is -2.25. The number of hydrogen-bond donors (Lipinski definition) is 1. The minimum Gasteiger partial charge on any atom is -0.355 e. The molecule has 0 aromatic rings. The summed E-state index contributed by atoms with van der Waals surface area (Å²) >= 11 is 0. The van der Waals surface area contributed by atoms with Gasteiger partial charge in [-0.2, -0.15) is 0 Å². The number of amides is 2. The molecule has 0 aromatic heterocycles. The van der Waals surface area contributed by atoms with Crippen LogP contribution in [0.15, 0.2) is 0 Å². The van der Waals surface area contributed by atoms with Gasteiger partial charge < -0.3 is 5.32 Å². The summed E-state index contributed by atoms with van der Waals surface area (Å²) in [6.07, 6.45) is 2.00. The van der Waals surface area contributed by atoms with Crippen LogP contribution in [-0.4, -0.2) is 36.6 Å². The van der Waals surface area contributed by atoms with Crippen LogP contribution in [0.1, 0.15) is 19.3 Å². The van der Waals surface area contributed by atoms with Crippen LogP contribution in [0.5, 0.6) is 0 Å². The maximum Gasteiger partial charge on any atom is 0.251 e. The van der Waals surface area contributed by atoms with Gasteiger partial charge in [-0.05, 0) is 12.8 Å². The van der Waals surface area contributed by atoms with E-state index in [2.05, 4.69) is 5.32 Å². The molecular weight excluding hydrogens is 184 g/mol. The van der Waals surface area contributed by atoms with Crippen molar-refractivity contribution in [1.29, 1.82) is 0 Å². The lowest BCUT2D eigenvalue weighted by Crippen LogP contribution is -2.43. The molecule has 2 amide bonds. The van der Waals surface area contributed by atoms with Gasteiger partial charge in [0.15, 0.2) is 0 Å². The Bertz CT molecular complexity index is 238. The van der Waals surface area contributed by atoms with Crippen LogP contribution in [0.4, 0.5) is 0 Å². The molecule has 1 atom stereocenters. The second-order valence-corrected chi connectivity index (χ2v) is 3.67. The Hall–Kier alpha value is -1.10. The predicted octanol–water partition coefficient (Wildman–Crippen LogP) is -0.324. The molecule has 2 saturated heterocycles. The average Bonchev–Trinajstić information content (AvgIpc) is 2.71. The molecule has 14 heavy (non-hydrogen) atoms. The van der Waals surface area contributed by atoms with Crippen molar-refractivity contribution in [2.24, 2.45) is 5.92 Å². The molecule has 0 bridgehead atoms. The normalized spacial score (nSPS) is 27.6. The lowest BCUT2D eigenvalue weighted by atomic mass is 9.98. The maximum absolute atomic E-state index is 11.8. The Labute approximate surface area is 82.3 Å². The highest BCUT2D eigenvalue weighted by Gasteiger charge is 2.30. The van der Waals surface area contributed by atoms with Crippen LogP contribution < -0.4 is 5.32 Å². The smallest absolute Gasteiger partial charge is 0.251 e. The van der Waals surface area contributed by atoms with E-state index in [0.29, 0.717) is 32.5 Å². The second kappa shape index (κ2) is 3.96. The van der Waals surface area contributed by atoms with E-state index in [4.69, 9.17) is 4.84 Å². The van der Waals surface area contributed by atoms with Crippen molar-refractivity contribution in [3.05, 3.63) is 0 Å². The quantitative estimate of drug-likeness (QED) is 0.628. The predicted molar refractivity (Wildman–Crippen MR) is 48.0 cm³/mol. The Balaban J connectivity index is 1.88. The van der Waals surface area contributed by atoms with E-state index in [0.717, 1.165) is 6.42 Å². The van der Waals surface area contributed by atoms with Crippen LogP contribution in [0.25, 0.3) is 0 Å². The van der Waals surface area contributed by atoms with Crippen molar-refractivity contribution in [1.82, 2.24) is 10.4 Å². The molecule has 5 heteroatoms. The van der Waals surface area contributed by atoms with E-state index < -0.39 is 0 Å². The van der Waals surface area contributed by atoms with Crippen LogP contribution >= 0.6 is 0 Å². The Morgan fingerprint density at radius 3 is 3.00 bits per heavy atom. The summed E-state index contributed by atoms with van der Waals surface area (Å²) < 4.78 is 0. The third kappa shape index (κ3) is 1.87. The fourth-order valence-electron chi connectivity index (χ4n) is 1.77. The molecule has 1 unspecified atom stereocenters. The van der Waals surface area contributed by atoms with Gasteiger partial charge in [-0.3, -0.25) is 14.4 Å². The van der Waals surface area contributed by atoms with Gasteiger partial charge in [0.1, 0.15) is 0 Å². The number of rotatable bonds is 1. The van der Waals surface area contributed by atoms with E-state index in [-0.39, 0.29) is 17.7 Å². The van der Waals surface area contributed by atoms with Gasteiger partial charge in [0.05, 0.1) is 19.1 Å². The highest BCUT2D eigenvalue weighted by molar-refractivity contribution is 5.83. The van der Waals surface area contributed by atoms with Gasteiger partial charge in [0.2, 0.25) is 5.91 Å². The molecule has 2 heterocycles. The topological polar surface area (TPSA) is 58.6 Å². The summed E-state index contributed by atoms with van der Waals surface area (Å²) in [5.41, 5.74) is 0. The van der Waals surface area contributed by atoms with Gasteiger partial charge in [-0.15, -0.1) is 0 Å². The van der Waals surface area contributed by atoms with E-state index >= 15 is 0 Å². The fourth-order valence-corrected chi connectivity index (χ4v) is 1.77. The van der Waals surface area contributed by atoms with Crippen molar-refractivity contribution in [3.8, 4) is 0 Å². The third-order valence-corrected chi connectivity index (χ3v) is 2.61. The molecule has 0 radical (unpaired) electrons. The SMILES string of the molecule is O=C1CCC(C(=O)N2CCCO2)CN1. The van der Waals surface area contributed by atoms with Crippen LogP contribution in [0.2, 0.25) is 0 Å².